The fraction of sp³-hybridized carbons (Fsp3) is 0.364. The summed E-state index contributed by atoms with van der Waals surface area (Å²) >= 11 is 0. The number of nitrogens with zero attached hydrogens (tertiary/aromatic N) is 1. The van der Waals surface area contributed by atoms with Crippen molar-refractivity contribution in [3.05, 3.63) is 52.9 Å². The van der Waals surface area contributed by atoms with Crippen LogP contribution in [0.4, 0.5) is 10.1 Å². The number of ketones is 2. The van der Waals surface area contributed by atoms with Crippen LogP contribution in [0.3, 0.4) is 0 Å². The van der Waals surface area contributed by atoms with Gasteiger partial charge in [-0.3, -0.25) is 24.5 Å². The van der Waals surface area contributed by atoms with Gasteiger partial charge >= 0.3 is 0 Å². The molecule has 1 atom stereocenters. The molecule has 4 rings (SSSR count). The van der Waals surface area contributed by atoms with Gasteiger partial charge in [0.05, 0.1) is 5.69 Å². The quantitative estimate of drug-likeness (QED) is 0.627. The molecule has 1 saturated heterocycles. The molecule has 6 nitrogen and oxygen atoms in total. The van der Waals surface area contributed by atoms with Crippen molar-refractivity contribution < 1.29 is 23.6 Å². The van der Waals surface area contributed by atoms with Crippen LogP contribution in [0.5, 0.6) is 0 Å². The number of hydrogen-bond donors (Lipinski definition) is 1. The monoisotopic (exact) mass is 396 g/mol. The molecule has 0 saturated carbocycles. The maximum atomic E-state index is 14.8. The number of fused-ring (bicyclic) bond motifs is 1. The summed E-state index contributed by atoms with van der Waals surface area (Å²) in [6, 6.07) is 2.61. The van der Waals surface area contributed by atoms with Crippen LogP contribution in [-0.4, -0.2) is 36.5 Å². The van der Waals surface area contributed by atoms with Crippen molar-refractivity contribution in [2.45, 2.75) is 32.1 Å². The molecule has 1 unspecified atom stereocenters. The molecule has 2 amide bonds. The standard InChI is InChI=1S/C22H21FN2O4/c23-17-11-16-15(12-18(17)25-7-3-1-2-4-8-25)19(26)10-14(21(16)28)9-13-5-6-20(27)24-22(13)29/h1-2,10-13H,3-9H2,(H,24,27,29). The van der Waals surface area contributed by atoms with E-state index < -0.39 is 23.4 Å². The van der Waals surface area contributed by atoms with Crippen molar-refractivity contribution in [1.82, 2.24) is 5.32 Å². The van der Waals surface area contributed by atoms with Crippen LogP contribution in [-0.2, 0) is 9.59 Å². The summed E-state index contributed by atoms with van der Waals surface area (Å²) in [5.41, 5.74) is 0.739. The number of anilines is 1. The molecule has 150 valence electrons. The van der Waals surface area contributed by atoms with E-state index in [0.717, 1.165) is 18.9 Å². The van der Waals surface area contributed by atoms with E-state index in [1.54, 1.807) is 0 Å². The highest BCUT2D eigenvalue weighted by atomic mass is 19.1. The summed E-state index contributed by atoms with van der Waals surface area (Å²) in [7, 11) is 0. The number of piperidine rings is 1. The van der Waals surface area contributed by atoms with Crippen molar-refractivity contribution in [3.63, 3.8) is 0 Å². The van der Waals surface area contributed by atoms with Crippen LogP contribution in [0.15, 0.2) is 35.9 Å². The maximum absolute atomic E-state index is 14.8. The van der Waals surface area contributed by atoms with Crippen LogP contribution in [0.25, 0.3) is 0 Å². The number of carbonyl (C=O) groups is 4. The molecule has 0 radical (unpaired) electrons. The largest absolute Gasteiger partial charge is 0.369 e. The van der Waals surface area contributed by atoms with Gasteiger partial charge in [-0.05, 0) is 43.9 Å². The van der Waals surface area contributed by atoms with Crippen molar-refractivity contribution in [1.29, 1.82) is 0 Å². The van der Waals surface area contributed by atoms with Crippen LogP contribution in [0.2, 0.25) is 0 Å². The molecule has 7 heteroatoms. The summed E-state index contributed by atoms with van der Waals surface area (Å²) in [6.07, 6.45) is 7.52. The lowest BCUT2D eigenvalue weighted by Gasteiger charge is -2.26. The average molecular weight is 396 g/mol. The van der Waals surface area contributed by atoms with Gasteiger partial charge < -0.3 is 4.90 Å². The predicted molar refractivity (Wildman–Crippen MR) is 104 cm³/mol. The lowest BCUT2D eigenvalue weighted by Crippen LogP contribution is -2.41. The van der Waals surface area contributed by atoms with Gasteiger partial charge in [0, 0.05) is 42.1 Å². The van der Waals surface area contributed by atoms with Crippen molar-refractivity contribution >= 4 is 29.1 Å². The minimum absolute atomic E-state index is 0.0361. The van der Waals surface area contributed by atoms with Crippen LogP contribution in [0, 0.1) is 11.7 Å². The molecule has 0 spiro atoms. The number of imide groups is 1. The second-order valence-corrected chi connectivity index (χ2v) is 7.60. The SMILES string of the molecule is O=C1CCC(CC2=CC(=O)c3cc(N4CCC=CCC4)c(F)cc3C2=O)C(=O)N1. The second kappa shape index (κ2) is 7.73. The Morgan fingerprint density at radius 2 is 1.76 bits per heavy atom. The highest BCUT2D eigenvalue weighted by Crippen LogP contribution is 2.32. The number of halogens is 1. The maximum Gasteiger partial charge on any atom is 0.230 e. The van der Waals surface area contributed by atoms with Gasteiger partial charge in [0.2, 0.25) is 11.8 Å². The molecule has 3 aliphatic rings. The molecule has 2 heterocycles. The number of rotatable bonds is 3. The zero-order chi connectivity index (χ0) is 20.5. The third kappa shape index (κ3) is 3.77. The van der Waals surface area contributed by atoms with E-state index in [0.29, 0.717) is 25.2 Å². The number of benzene rings is 1. The molecule has 1 fully saturated rings. The van der Waals surface area contributed by atoms with Gasteiger partial charge in [-0.1, -0.05) is 12.2 Å². The van der Waals surface area contributed by atoms with Crippen molar-refractivity contribution in [2.75, 3.05) is 18.0 Å². The lowest BCUT2D eigenvalue weighted by atomic mass is 9.82. The Morgan fingerprint density at radius 1 is 1.03 bits per heavy atom. The van der Waals surface area contributed by atoms with E-state index in [9.17, 15) is 23.6 Å². The Balaban J connectivity index is 1.60. The van der Waals surface area contributed by atoms with Gasteiger partial charge in [0.1, 0.15) is 5.82 Å². The van der Waals surface area contributed by atoms with Gasteiger partial charge in [-0.15, -0.1) is 0 Å². The van der Waals surface area contributed by atoms with Crippen molar-refractivity contribution in [2.24, 2.45) is 5.92 Å². The molecule has 29 heavy (non-hydrogen) atoms. The second-order valence-electron chi connectivity index (χ2n) is 7.60. The van der Waals surface area contributed by atoms with Gasteiger partial charge in [0.25, 0.3) is 0 Å². The van der Waals surface area contributed by atoms with Crippen LogP contribution < -0.4 is 10.2 Å². The summed E-state index contributed by atoms with van der Waals surface area (Å²) in [6.45, 7) is 1.29. The molecule has 1 aliphatic carbocycles. The highest BCUT2D eigenvalue weighted by Gasteiger charge is 2.33. The molecule has 1 aromatic rings. The minimum atomic E-state index is -0.550. The van der Waals surface area contributed by atoms with Crippen LogP contribution in [0.1, 0.15) is 52.8 Å². The van der Waals surface area contributed by atoms with Crippen molar-refractivity contribution in [3.8, 4) is 0 Å². The normalized spacial score (nSPS) is 22.2. The first-order chi connectivity index (χ1) is 13.9. The minimum Gasteiger partial charge on any atom is -0.369 e. The van der Waals surface area contributed by atoms with E-state index in [1.165, 1.54) is 12.1 Å². The number of Topliss-reactive ketones (excluding diaryl/α,β-unsaturated/α-hetero) is 1. The number of allylic oxidation sites excluding steroid dienone is 2. The first kappa shape index (κ1) is 19.2. The van der Waals surface area contributed by atoms with Gasteiger partial charge in [-0.2, -0.15) is 0 Å². The molecule has 1 N–H and O–H groups in total. The van der Waals surface area contributed by atoms with Crippen LogP contribution >= 0.6 is 0 Å². The number of carbonyl (C=O) groups excluding carboxylic acids is 4. The molecule has 2 aliphatic heterocycles. The number of amides is 2. The Labute approximate surface area is 167 Å². The third-order valence-corrected chi connectivity index (χ3v) is 5.65. The Morgan fingerprint density at radius 3 is 2.45 bits per heavy atom. The topological polar surface area (TPSA) is 83.6 Å². The molecule has 0 bridgehead atoms. The van der Waals surface area contributed by atoms with Gasteiger partial charge in [0.15, 0.2) is 11.6 Å². The molecule has 0 aromatic heterocycles. The first-order valence-electron chi connectivity index (χ1n) is 9.81. The summed E-state index contributed by atoms with van der Waals surface area (Å²) in [5.74, 6) is -2.66. The van der Waals surface area contributed by atoms with E-state index >= 15 is 0 Å². The number of hydrogen-bond acceptors (Lipinski definition) is 5. The highest BCUT2D eigenvalue weighted by molar-refractivity contribution is 6.25. The average Bonchev–Trinajstić information content (AvgIpc) is 2.97. The predicted octanol–water partition coefficient (Wildman–Crippen LogP) is 2.73. The third-order valence-electron chi connectivity index (χ3n) is 5.65. The fourth-order valence-electron chi connectivity index (χ4n) is 4.07. The Kier molecular flexibility index (Phi) is 5.13. The number of nitrogens with one attached hydrogen (secondary N) is 1. The lowest BCUT2D eigenvalue weighted by molar-refractivity contribution is -0.136. The fourth-order valence-corrected chi connectivity index (χ4v) is 4.07. The molecular formula is C22H21FN2O4. The van der Waals surface area contributed by atoms with E-state index in [1.807, 2.05) is 4.90 Å². The molecule has 1 aromatic carbocycles. The molecular weight excluding hydrogens is 375 g/mol. The van der Waals surface area contributed by atoms with E-state index in [4.69, 9.17) is 0 Å². The zero-order valence-electron chi connectivity index (χ0n) is 15.9. The summed E-state index contributed by atoms with van der Waals surface area (Å²) in [5, 5.41) is 2.25. The summed E-state index contributed by atoms with van der Waals surface area (Å²) < 4.78 is 14.8. The Bertz CT molecular complexity index is 969. The van der Waals surface area contributed by atoms with E-state index in [-0.39, 0.29) is 41.2 Å². The van der Waals surface area contributed by atoms with Gasteiger partial charge in [-0.25, -0.2) is 4.39 Å². The van der Waals surface area contributed by atoms with E-state index in [2.05, 4.69) is 17.5 Å². The first-order valence-corrected chi connectivity index (χ1v) is 9.81. The zero-order valence-corrected chi connectivity index (χ0v) is 15.9. The Hall–Kier alpha value is -3.09. The summed E-state index contributed by atoms with van der Waals surface area (Å²) in [4.78, 5) is 50.8. The smallest absolute Gasteiger partial charge is 0.230 e.